The maximum absolute atomic E-state index is 11.2. The summed E-state index contributed by atoms with van der Waals surface area (Å²) in [5, 5.41) is 12.3. The second-order valence-corrected chi connectivity index (χ2v) is 5.10. The third-order valence-electron chi connectivity index (χ3n) is 3.17. The van der Waals surface area contributed by atoms with E-state index in [0.29, 0.717) is 6.42 Å². The van der Waals surface area contributed by atoms with Gasteiger partial charge in [0.05, 0.1) is 0 Å². The molecule has 1 fully saturated rings. The van der Waals surface area contributed by atoms with Crippen LogP contribution < -0.4 is 4.90 Å². The molecule has 1 atom stereocenters. The summed E-state index contributed by atoms with van der Waals surface area (Å²) in [6.07, 6.45) is 3.38. The van der Waals surface area contributed by atoms with Crippen LogP contribution in [0.1, 0.15) is 12.8 Å². The molecule has 0 aliphatic carbocycles. The molecule has 3 rings (SSSR count). The van der Waals surface area contributed by atoms with Gasteiger partial charge in [-0.1, -0.05) is 0 Å². The SMILES string of the molecule is O=C(O)C1CCCN1c1nccc2sccc12. The summed E-state index contributed by atoms with van der Waals surface area (Å²) in [4.78, 5) is 17.5. The molecule has 0 radical (unpaired) electrons. The minimum atomic E-state index is -0.753. The van der Waals surface area contributed by atoms with E-state index in [2.05, 4.69) is 4.98 Å². The highest BCUT2D eigenvalue weighted by Crippen LogP contribution is 2.32. The van der Waals surface area contributed by atoms with Crippen molar-refractivity contribution in [2.75, 3.05) is 11.4 Å². The highest BCUT2D eigenvalue weighted by Gasteiger charge is 2.32. The zero-order valence-corrected chi connectivity index (χ0v) is 9.98. The molecule has 1 aliphatic heterocycles. The van der Waals surface area contributed by atoms with E-state index in [0.717, 1.165) is 28.9 Å². The molecule has 0 saturated carbocycles. The summed E-state index contributed by atoms with van der Waals surface area (Å²) in [6.45, 7) is 0.777. The van der Waals surface area contributed by atoms with E-state index in [1.54, 1.807) is 17.5 Å². The van der Waals surface area contributed by atoms with E-state index < -0.39 is 12.0 Å². The number of fused-ring (bicyclic) bond motifs is 1. The average Bonchev–Trinajstić information content (AvgIpc) is 2.97. The lowest BCUT2D eigenvalue weighted by Crippen LogP contribution is -2.36. The number of carboxylic acids is 1. The first-order chi connectivity index (χ1) is 8.27. The molecule has 3 heterocycles. The predicted molar refractivity (Wildman–Crippen MR) is 67.6 cm³/mol. The van der Waals surface area contributed by atoms with Crippen LogP contribution in [0.3, 0.4) is 0 Å². The van der Waals surface area contributed by atoms with Crippen LogP contribution in [0.25, 0.3) is 10.1 Å². The summed E-state index contributed by atoms with van der Waals surface area (Å²) >= 11 is 1.66. The van der Waals surface area contributed by atoms with Gasteiger partial charge in [-0.25, -0.2) is 9.78 Å². The molecule has 17 heavy (non-hydrogen) atoms. The van der Waals surface area contributed by atoms with Crippen molar-refractivity contribution in [2.24, 2.45) is 0 Å². The van der Waals surface area contributed by atoms with Crippen LogP contribution in [-0.4, -0.2) is 28.6 Å². The third kappa shape index (κ3) is 1.67. The largest absolute Gasteiger partial charge is 0.480 e. The minimum Gasteiger partial charge on any atom is -0.480 e. The molecule has 88 valence electrons. The molecule has 0 amide bonds. The number of aromatic nitrogens is 1. The van der Waals surface area contributed by atoms with Crippen LogP contribution in [0, 0.1) is 0 Å². The molecule has 1 unspecified atom stereocenters. The van der Waals surface area contributed by atoms with Gasteiger partial charge in [0.15, 0.2) is 0 Å². The average molecular weight is 248 g/mol. The van der Waals surface area contributed by atoms with Gasteiger partial charge in [-0.2, -0.15) is 0 Å². The molecule has 5 heteroatoms. The summed E-state index contributed by atoms with van der Waals surface area (Å²) in [5.41, 5.74) is 0. The molecule has 4 nitrogen and oxygen atoms in total. The number of aliphatic carboxylic acids is 1. The summed E-state index contributed by atoms with van der Waals surface area (Å²) in [7, 11) is 0. The Morgan fingerprint density at radius 2 is 2.41 bits per heavy atom. The highest BCUT2D eigenvalue weighted by molar-refractivity contribution is 7.17. The molecule has 1 N–H and O–H groups in total. The fraction of sp³-hybridized carbons (Fsp3) is 0.333. The minimum absolute atomic E-state index is 0.423. The van der Waals surface area contributed by atoms with Crippen LogP contribution in [0.5, 0.6) is 0 Å². The molecular weight excluding hydrogens is 236 g/mol. The molecule has 2 aromatic heterocycles. The number of thiophene rings is 1. The smallest absolute Gasteiger partial charge is 0.326 e. The Bertz CT molecular complexity index is 566. The van der Waals surface area contributed by atoms with Gasteiger partial charge in [0.1, 0.15) is 11.9 Å². The topological polar surface area (TPSA) is 53.4 Å². The van der Waals surface area contributed by atoms with Gasteiger partial charge < -0.3 is 10.0 Å². The fourth-order valence-corrected chi connectivity index (χ4v) is 3.16. The van der Waals surface area contributed by atoms with Crippen LogP contribution in [0.15, 0.2) is 23.7 Å². The van der Waals surface area contributed by atoms with Crippen molar-refractivity contribution in [2.45, 2.75) is 18.9 Å². The molecular formula is C12H12N2O2S. The number of carboxylic acid groups (broad SMARTS) is 1. The lowest BCUT2D eigenvalue weighted by molar-refractivity contribution is -0.138. The van der Waals surface area contributed by atoms with Crippen molar-refractivity contribution in [1.29, 1.82) is 0 Å². The maximum atomic E-state index is 11.2. The standard InChI is InChI=1S/C12H12N2O2S/c15-12(16)9-2-1-6-14(9)11-8-4-7-17-10(8)3-5-13-11/h3-5,7,9H,1-2,6H2,(H,15,16). The van der Waals surface area contributed by atoms with E-state index in [9.17, 15) is 9.90 Å². The predicted octanol–water partition coefficient (Wildman–Crippen LogP) is 2.35. The maximum Gasteiger partial charge on any atom is 0.326 e. The Hall–Kier alpha value is -1.62. The number of carbonyl (C=O) groups is 1. The lowest BCUT2D eigenvalue weighted by atomic mass is 10.2. The van der Waals surface area contributed by atoms with Crippen LogP contribution in [0.4, 0.5) is 5.82 Å². The quantitative estimate of drug-likeness (QED) is 0.886. The molecule has 2 aromatic rings. The first kappa shape index (κ1) is 10.5. The van der Waals surface area contributed by atoms with Gasteiger partial charge in [-0.3, -0.25) is 0 Å². The van der Waals surface area contributed by atoms with Gasteiger partial charge in [0.25, 0.3) is 0 Å². The van der Waals surface area contributed by atoms with Crippen molar-refractivity contribution >= 4 is 33.2 Å². The van der Waals surface area contributed by atoms with Crippen LogP contribution in [0.2, 0.25) is 0 Å². The number of anilines is 1. The third-order valence-corrected chi connectivity index (χ3v) is 4.05. The van der Waals surface area contributed by atoms with Gasteiger partial charge in [-0.05, 0) is 30.4 Å². The van der Waals surface area contributed by atoms with Crippen molar-refractivity contribution in [3.05, 3.63) is 23.7 Å². The van der Waals surface area contributed by atoms with Gasteiger partial charge in [0.2, 0.25) is 0 Å². The van der Waals surface area contributed by atoms with Gasteiger partial charge >= 0.3 is 5.97 Å². The number of hydrogen-bond donors (Lipinski definition) is 1. The summed E-state index contributed by atoms with van der Waals surface area (Å²) in [5.74, 6) is 0.0604. The van der Waals surface area contributed by atoms with Crippen LogP contribution >= 0.6 is 11.3 Å². The molecule has 1 saturated heterocycles. The van der Waals surface area contributed by atoms with Crippen molar-refractivity contribution < 1.29 is 9.90 Å². The van der Waals surface area contributed by atoms with Crippen molar-refractivity contribution in [1.82, 2.24) is 4.98 Å². The molecule has 0 bridgehead atoms. The van der Waals surface area contributed by atoms with Gasteiger partial charge in [-0.15, -0.1) is 11.3 Å². The van der Waals surface area contributed by atoms with Crippen LogP contribution in [-0.2, 0) is 4.79 Å². The second-order valence-electron chi connectivity index (χ2n) is 4.16. The number of nitrogens with zero attached hydrogens (tertiary/aromatic N) is 2. The highest BCUT2D eigenvalue weighted by atomic mass is 32.1. The Labute approximate surface area is 103 Å². The first-order valence-electron chi connectivity index (χ1n) is 5.59. The fourth-order valence-electron chi connectivity index (χ4n) is 2.39. The van der Waals surface area contributed by atoms with E-state index in [1.807, 2.05) is 22.4 Å². The molecule has 1 aliphatic rings. The lowest BCUT2D eigenvalue weighted by Gasteiger charge is -2.23. The number of pyridine rings is 1. The summed E-state index contributed by atoms with van der Waals surface area (Å²) in [6, 6.07) is 3.56. The first-order valence-corrected chi connectivity index (χ1v) is 6.47. The molecule has 0 aromatic carbocycles. The van der Waals surface area contributed by atoms with Crippen molar-refractivity contribution in [3.63, 3.8) is 0 Å². The Kier molecular flexibility index (Phi) is 2.48. The second kappa shape index (κ2) is 4.00. The molecule has 0 spiro atoms. The monoisotopic (exact) mass is 248 g/mol. The normalized spacial score (nSPS) is 20.0. The zero-order valence-electron chi connectivity index (χ0n) is 9.17. The van der Waals surface area contributed by atoms with Gasteiger partial charge in [0, 0.05) is 22.8 Å². The van der Waals surface area contributed by atoms with Crippen molar-refractivity contribution in [3.8, 4) is 0 Å². The number of hydrogen-bond acceptors (Lipinski definition) is 4. The summed E-state index contributed by atoms with van der Waals surface area (Å²) < 4.78 is 1.16. The van der Waals surface area contributed by atoms with E-state index >= 15 is 0 Å². The van der Waals surface area contributed by atoms with E-state index in [4.69, 9.17) is 0 Å². The zero-order chi connectivity index (χ0) is 11.8. The van der Waals surface area contributed by atoms with E-state index in [1.165, 1.54) is 0 Å². The Balaban J connectivity index is 2.08. The van der Waals surface area contributed by atoms with E-state index in [-0.39, 0.29) is 0 Å². The Morgan fingerprint density at radius 3 is 3.24 bits per heavy atom. The number of rotatable bonds is 2. The Morgan fingerprint density at radius 1 is 1.53 bits per heavy atom.